The molecule has 0 aromatic heterocycles. The molecule has 32 heavy (non-hydrogen) atoms. The van der Waals surface area contributed by atoms with E-state index in [0.29, 0.717) is 16.9 Å². The molecule has 0 spiro atoms. The van der Waals surface area contributed by atoms with Crippen molar-refractivity contribution < 1.29 is 4.79 Å². The first-order chi connectivity index (χ1) is 15.2. The van der Waals surface area contributed by atoms with Gasteiger partial charge < -0.3 is 5.32 Å². The monoisotopic (exact) mass is 441 g/mol. The van der Waals surface area contributed by atoms with Crippen molar-refractivity contribution in [1.29, 1.82) is 0 Å². The van der Waals surface area contributed by atoms with Gasteiger partial charge in [0.05, 0.1) is 0 Å². The molecular weight excluding hydrogens is 390 g/mol. The van der Waals surface area contributed by atoms with E-state index in [9.17, 15) is 4.79 Å². The van der Waals surface area contributed by atoms with Crippen LogP contribution in [0, 0.1) is 52.3 Å². The summed E-state index contributed by atoms with van der Waals surface area (Å²) in [7, 11) is 0. The Kier molecular flexibility index (Phi) is 7.19. The Morgan fingerprint density at radius 2 is 1.69 bits per heavy atom. The third-order valence-corrected chi connectivity index (χ3v) is 11.4. The van der Waals surface area contributed by atoms with Gasteiger partial charge in [-0.2, -0.15) is 0 Å². The summed E-state index contributed by atoms with van der Waals surface area (Å²) in [6, 6.07) is 0.367. The molecule has 4 rings (SSSR count). The van der Waals surface area contributed by atoms with Crippen LogP contribution in [0.2, 0.25) is 0 Å². The van der Waals surface area contributed by atoms with Crippen LogP contribution in [0.3, 0.4) is 0 Å². The van der Waals surface area contributed by atoms with E-state index < -0.39 is 0 Å². The highest BCUT2D eigenvalue weighted by molar-refractivity contribution is 5.87. The molecule has 2 nitrogen and oxygen atoms in total. The van der Waals surface area contributed by atoms with Gasteiger partial charge in [0.15, 0.2) is 0 Å². The largest absolute Gasteiger partial charge is 0.350 e. The lowest BCUT2D eigenvalue weighted by Crippen LogP contribution is -2.55. The number of fused-ring (bicyclic) bond motifs is 5. The van der Waals surface area contributed by atoms with E-state index in [2.05, 4.69) is 46.5 Å². The summed E-state index contributed by atoms with van der Waals surface area (Å²) in [5.74, 6) is 6.36. The van der Waals surface area contributed by atoms with Crippen molar-refractivity contribution in [3.63, 3.8) is 0 Å². The fraction of sp³-hybridized carbons (Fsp3) is 0.900. The van der Waals surface area contributed by atoms with E-state index in [0.717, 1.165) is 47.8 Å². The number of carbonyl (C=O) groups is 1. The van der Waals surface area contributed by atoms with Crippen LogP contribution >= 0.6 is 0 Å². The van der Waals surface area contributed by atoms with Gasteiger partial charge in [-0.3, -0.25) is 4.79 Å². The molecule has 2 heteroatoms. The molecule has 4 aliphatic carbocycles. The topological polar surface area (TPSA) is 29.1 Å². The summed E-state index contributed by atoms with van der Waals surface area (Å²) in [6.45, 7) is 16.3. The van der Waals surface area contributed by atoms with Crippen molar-refractivity contribution in [2.75, 3.05) is 0 Å². The second-order valence-corrected chi connectivity index (χ2v) is 13.4. The summed E-state index contributed by atoms with van der Waals surface area (Å²) in [5.41, 5.74) is 1.09. The van der Waals surface area contributed by atoms with Crippen molar-refractivity contribution in [3.8, 4) is 0 Å². The van der Waals surface area contributed by atoms with Crippen molar-refractivity contribution >= 4 is 5.91 Å². The van der Waals surface area contributed by atoms with Crippen molar-refractivity contribution in [1.82, 2.24) is 5.32 Å². The van der Waals surface area contributed by atoms with E-state index in [1.165, 1.54) is 76.7 Å². The van der Waals surface area contributed by atoms with E-state index >= 15 is 0 Å². The zero-order chi connectivity index (χ0) is 23.1. The van der Waals surface area contributed by atoms with Gasteiger partial charge >= 0.3 is 0 Å². The molecule has 0 aliphatic heterocycles. The minimum Gasteiger partial charge on any atom is -0.350 e. The maximum Gasteiger partial charge on any atom is 0.243 e. The second-order valence-electron chi connectivity index (χ2n) is 13.4. The molecule has 0 heterocycles. The van der Waals surface area contributed by atoms with Crippen molar-refractivity contribution in [3.05, 3.63) is 12.7 Å². The normalized spacial score (nSPS) is 44.3. The first-order valence-corrected chi connectivity index (χ1v) is 14.1. The third-order valence-electron chi connectivity index (χ3n) is 11.4. The molecule has 4 fully saturated rings. The number of hydrogen-bond acceptors (Lipinski definition) is 1. The number of carbonyl (C=O) groups excluding carboxylic acids is 1. The standard InChI is InChI=1S/C30H51NO/c1-7-28(32)31-23-15-17-29(5)22(19-23)11-12-24-26-14-13-25(21(4)10-8-9-20(2)3)30(26,6)18-16-27(24)29/h7,20-27H,1,8-19H2,2-6H3,(H,31,32)/t21-,22-,23+,24+,25?,26+,27+,29+,30-/m1/s1. The molecule has 4 saturated carbocycles. The average molecular weight is 442 g/mol. The lowest BCUT2D eigenvalue weighted by Gasteiger charge is -2.61. The molecule has 0 saturated heterocycles. The van der Waals surface area contributed by atoms with Gasteiger partial charge in [0, 0.05) is 6.04 Å². The highest BCUT2D eigenvalue weighted by Crippen LogP contribution is 2.68. The lowest BCUT2D eigenvalue weighted by atomic mass is 9.44. The fourth-order valence-electron chi connectivity index (χ4n) is 9.67. The maximum atomic E-state index is 11.9. The SMILES string of the molecule is C=CC(=O)N[C@H]1CC[C@@]2(C)[C@H](CC[C@@H]3[C@@H]2CC[C@]2(C)C([C@H](C)CCCC(C)C)CC[C@@H]32)C1. The Hall–Kier alpha value is -0.790. The Morgan fingerprint density at radius 1 is 0.969 bits per heavy atom. The Labute approximate surface area is 198 Å². The lowest BCUT2D eigenvalue weighted by molar-refractivity contribution is -0.125. The quantitative estimate of drug-likeness (QED) is 0.401. The van der Waals surface area contributed by atoms with Gasteiger partial charge in [0.25, 0.3) is 0 Å². The smallest absolute Gasteiger partial charge is 0.243 e. The van der Waals surface area contributed by atoms with Crippen molar-refractivity contribution in [2.45, 2.75) is 118 Å². The Balaban J connectivity index is 1.42. The molecule has 0 bridgehead atoms. The first kappa shape index (κ1) is 24.3. The molecule has 1 N–H and O–H groups in total. The maximum absolute atomic E-state index is 11.9. The van der Waals surface area contributed by atoms with Crippen molar-refractivity contribution in [2.24, 2.45) is 52.3 Å². The molecular formula is C30H51NO. The Morgan fingerprint density at radius 3 is 2.41 bits per heavy atom. The molecule has 182 valence electrons. The van der Waals surface area contributed by atoms with E-state index in [1.807, 2.05) is 0 Å². The minimum atomic E-state index is 0.0141. The molecule has 1 unspecified atom stereocenters. The molecule has 1 amide bonds. The van der Waals surface area contributed by atoms with E-state index in [-0.39, 0.29) is 5.91 Å². The zero-order valence-electron chi connectivity index (χ0n) is 21.8. The second kappa shape index (κ2) is 9.46. The van der Waals surface area contributed by atoms with Gasteiger partial charge in [-0.15, -0.1) is 0 Å². The summed E-state index contributed by atoms with van der Waals surface area (Å²) in [4.78, 5) is 11.9. The van der Waals surface area contributed by atoms with Crippen LogP contribution in [-0.2, 0) is 4.79 Å². The average Bonchev–Trinajstić information content (AvgIpc) is 3.11. The summed E-state index contributed by atoms with van der Waals surface area (Å²) >= 11 is 0. The fourth-order valence-corrected chi connectivity index (χ4v) is 9.67. The van der Waals surface area contributed by atoms with Crippen LogP contribution in [0.25, 0.3) is 0 Å². The number of rotatable bonds is 7. The highest BCUT2D eigenvalue weighted by Gasteiger charge is 2.60. The number of hydrogen-bond donors (Lipinski definition) is 1. The van der Waals surface area contributed by atoms with Gasteiger partial charge in [-0.25, -0.2) is 0 Å². The van der Waals surface area contributed by atoms with Gasteiger partial charge in [-0.05, 0) is 116 Å². The number of nitrogens with one attached hydrogen (secondary N) is 1. The predicted octanol–water partition coefficient (Wildman–Crippen LogP) is 7.78. The minimum absolute atomic E-state index is 0.0141. The molecule has 9 atom stereocenters. The first-order valence-electron chi connectivity index (χ1n) is 14.1. The predicted molar refractivity (Wildman–Crippen MR) is 135 cm³/mol. The summed E-state index contributed by atoms with van der Waals surface area (Å²) in [6.07, 6.45) is 18.1. The van der Waals surface area contributed by atoms with Crippen LogP contribution < -0.4 is 5.32 Å². The molecule has 0 aromatic carbocycles. The van der Waals surface area contributed by atoms with E-state index in [4.69, 9.17) is 0 Å². The van der Waals surface area contributed by atoms with E-state index in [1.54, 1.807) is 0 Å². The van der Waals surface area contributed by atoms with Crippen LogP contribution in [0.1, 0.15) is 112 Å². The van der Waals surface area contributed by atoms with Gasteiger partial charge in [0.1, 0.15) is 0 Å². The molecule has 0 radical (unpaired) electrons. The third kappa shape index (κ3) is 4.34. The molecule has 4 aliphatic rings. The highest BCUT2D eigenvalue weighted by atomic mass is 16.1. The molecule has 0 aromatic rings. The number of amides is 1. The van der Waals surface area contributed by atoms with Crippen LogP contribution in [0.15, 0.2) is 12.7 Å². The van der Waals surface area contributed by atoms with Crippen LogP contribution in [0.5, 0.6) is 0 Å². The Bertz CT molecular complexity index is 684. The summed E-state index contributed by atoms with van der Waals surface area (Å²) < 4.78 is 0. The van der Waals surface area contributed by atoms with Crippen LogP contribution in [0.4, 0.5) is 0 Å². The van der Waals surface area contributed by atoms with Crippen LogP contribution in [-0.4, -0.2) is 11.9 Å². The zero-order valence-corrected chi connectivity index (χ0v) is 21.8. The van der Waals surface area contributed by atoms with Gasteiger partial charge in [0.2, 0.25) is 5.91 Å². The summed E-state index contributed by atoms with van der Waals surface area (Å²) in [5, 5.41) is 3.22. The van der Waals surface area contributed by atoms with Gasteiger partial charge in [-0.1, -0.05) is 60.5 Å².